The monoisotopic (exact) mass is 298 g/mol. The first-order chi connectivity index (χ1) is 10.2. The van der Waals surface area contributed by atoms with Crippen LogP contribution < -0.4 is 10.5 Å². The van der Waals surface area contributed by atoms with Crippen molar-refractivity contribution in [3.8, 4) is 11.6 Å². The molecule has 3 nitrogen and oxygen atoms in total. The highest BCUT2D eigenvalue weighted by Gasteiger charge is 2.09. The Morgan fingerprint density at radius 1 is 1.14 bits per heavy atom. The van der Waals surface area contributed by atoms with Gasteiger partial charge in [0.1, 0.15) is 5.75 Å². The van der Waals surface area contributed by atoms with Crippen molar-refractivity contribution in [3.63, 3.8) is 0 Å². The number of nitrogens with two attached hydrogens (primary N) is 1. The standard InChI is InChI=1S/C17H15ClN2O/c1-11-8-13(6-7-16(11)18)21-17-15-5-3-2-4-14(15)12(9-19)10-20-17/h2-8,10H,9,19H2,1H3. The minimum Gasteiger partial charge on any atom is -0.438 e. The lowest BCUT2D eigenvalue weighted by Gasteiger charge is -2.11. The van der Waals surface area contributed by atoms with E-state index in [9.17, 15) is 0 Å². The highest BCUT2D eigenvalue weighted by molar-refractivity contribution is 6.31. The summed E-state index contributed by atoms with van der Waals surface area (Å²) >= 11 is 6.03. The first-order valence-corrected chi connectivity index (χ1v) is 7.07. The Bertz CT molecular complexity index is 802. The summed E-state index contributed by atoms with van der Waals surface area (Å²) in [5.74, 6) is 1.29. The Morgan fingerprint density at radius 3 is 2.62 bits per heavy atom. The number of rotatable bonds is 3. The summed E-state index contributed by atoms with van der Waals surface area (Å²) in [6.07, 6.45) is 1.76. The lowest BCUT2D eigenvalue weighted by Crippen LogP contribution is -1.99. The molecule has 3 aromatic rings. The molecule has 0 atom stereocenters. The van der Waals surface area contributed by atoms with Gasteiger partial charge in [0.15, 0.2) is 0 Å². The third-order valence-electron chi connectivity index (χ3n) is 3.40. The SMILES string of the molecule is Cc1cc(Oc2ncc(CN)c3ccccc23)ccc1Cl. The molecule has 106 valence electrons. The number of aromatic nitrogens is 1. The van der Waals surface area contributed by atoms with Gasteiger partial charge in [0, 0.05) is 23.2 Å². The van der Waals surface area contributed by atoms with E-state index in [-0.39, 0.29) is 0 Å². The zero-order valence-electron chi connectivity index (χ0n) is 11.6. The van der Waals surface area contributed by atoms with E-state index < -0.39 is 0 Å². The van der Waals surface area contributed by atoms with Crippen molar-refractivity contribution >= 4 is 22.4 Å². The molecule has 4 heteroatoms. The van der Waals surface area contributed by atoms with Crippen molar-refractivity contribution in [1.82, 2.24) is 4.98 Å². The average Bonchev–Trinajstić information content (AvgIpc) is 2.51. The molecule has 0 spiro atoms. The van der Waals surface area contributed by atoms with Gasteiger partial charge in [0.25, 0.3) is 0 Å². The molecule has 0 fully saturated rings. The van der Waals surface area contributed by atoms with Crippen molar-refractivity contribution in [2.24, 2.45) is 5.73 Å². The lowest BCUT2D eigenvalue weighted by atomic mass is 10.1. The lowest BCUT2D eigenvalue weighted by molar-refractivity contribution is 0.468. The highest BCUT2D eigenvalue weighted by Crippen LogP contribution is 2.31. The molecule has 0 aliphatic carbocycles. The minimum atomic E-state index is 0.452. The predicted molar refractivity (Wildman–Crippen MR) is 85.9 cm³/mol. The quantitative estimate of drug-likeness (QED) is 0.777. The van der Waals surface area contributed by atoms with E-state index in [1.54, 1.807) is 6.20 Å². The first kappa shape index (κ1) is 13.9. The molecular weight excluding hydrogens is 284 g/mol. The fourth-order valence-corrected chi connectivity index (χ4v) is 2.38. The van der Waals surface area contributed by atoms with Crippen LogP contribution in [0.25, 0.3) is 10.8 Å². The molecule has 0 aliphatic rings. The van der Waals surface area contributed by atoms with E-state index in [2.05, 4.69) is 4.98 Å². The highest BCUT2D eigenvalue weighted by atomic mass is 35.5. The van der Waals surface area contributed by atoms with Crippen LogP contribution in [-0.4, -0.2) is 4.98 Å². The maximum atomic E-state index is 6.03. The second kappa shape index (κ2) is 5.72. The molecule has 21 heavy (non-hydrogen) atoms. The molecule has 3 rings (SSSR count). The van der Waals surface area contributed by atoms with Gasteiger partial charge in [-0.05, 0) is 47.7 Å². The number of benzene rings is 2. The average molecular weight is 299 g/mol. The maximum absolute atomic E-state index is 6.03. The van der Waals surface area contributed by atoms with Gasteiger partial charge in [-0.3, -0.25) is 0 Å². The molecule has 2 aromatic carbocycles. The molecule has 0 radical (unpaired) electrons. The third kappa shape index (κ3) is 2.71. The van der Waals surface area contributed by atoms with Crippen molar-refractivity contribution in [2.45, 2.75) is 13.5 Å². The zero-order chi connectivity index (χ0) is 14.8. The van der Waals surface area contributed by atoms with Crippen molar-refractivity contribution in [1.29, 1.82) is 0 Å². The number of pyridine rings is 1. The maximum Gasteiger partial charge on any atom is 0.227 e. The van der Waals surface area contributed by atoms with Crippen LogP contribution in [0.15, 0.2) is 48.7 Å². The molecule has 0 amide bonds. The summed E-state index contributed by atoms with van der Waals surface area (Å²) < 4.78 is 5.92. The zero-order valence-corrected chi connectivity index (χ0v) is 12.4. The molecule has 0 saturated carbocycles. The Kier molecular flexibility index (Phi) is 3.78. The largest absolute Gasteiger partial charge is 0.438 e. The molecule has 2 N–H and O–H groups in total. The van der Waals surface area contributed by atoms with Crippen LogP contribution in [-0.2, 0) is 6.54 Å². The van der Waals surface area contributed by atoms with Crippen molar-refractivity contribution < 1.29 is 4.74 Å². The van der Waals surface area contributed by atoms with Crippen LogP contribution in [0.3, 0.4) is 0 Å². The van der Waals surface area contributed by atoms with Gasteiger partial charge in [-0.15, -0.1) is 0 Å². The number of hydrogen-bond acceptors (Lipinski definition) is 3. The summed E-state index contributed by atoms with van der Waals surface area (Å²) in [5.41, 5.74) is 7.73. The number of halogens is 1. The molecule has 1 heterocycles. The topological polar surface area (TPSA) is 48.1 Å². The van der Waals surface area contributed by atoms with Gasteiger partial charge in [0.05, 0.1) is 0 Å². The number of hydrogen-bond donors (Lipinski definition) is 1. The van der Waals surface area contributed by atoms with Crippen LogP contribution in [0.2, 0.25) is 5.02 Å². The van der Waals surface area contributed by atoms with Gasteiger partial charge in [-0.25, -0.2) is 4.98 Å². The van der Waals surface area contributed by atoms with E-state index in [1.165, 1.54) is 0 Å². The number of aryl methyl sites for hydroxylation is 1. The normalized spacial score (nSPS) is 10.8. The van der Waals surface area contributed by atoms with Gasteiger partial charge in [-0.1, -0.05) is 29.8 Å². The summed E-state index contributed by atoms with van der Waals surface area (Å²) in [6.45, 7) is 2.39. The smallest absolute Gasteiger partial charge is 0.227 e. The molecule has 0 unspecified atom stereocenters. The Labute approximate surface area is 128 Å². The van der Waals surface area contributed by atoms with Crippen LogP contribution in [0.4, 0.5) is 0 Å². The van der Waals surface area contributed by atoms with Crippen LogP contribution >= 0.6 is 11.6 Å². The van der Waals surface area contributed by atoms with E-state index in [4.69, 9.17) is 22.1 Å². The number of nitrogens with zero attached hydrogens (tertiary/aromatic N) is 1. The summed E-state index contributed by atoms with van der Waals surface area (Å²) in [5, 5.41) is 2.74. The van der Waals surface area contributed by atoms with E-state index >= 15 is 0 Å². The summed E-state index contributed by atoms with van der Waals surface area (Å²) in [4.78, 5) is 4.39. The predicted octanol–water partition coefficient (Wildman–Crippen LogP) is 4.45. The number of ether oxygens (including phenoxy) is 1. The van der Waals surface area contributed by atoms with Crippen LogP contribution in [0.5, 0.6) is 11.6 Å². The Morgan fingerprint density at radius 2 is 1.90 bits per heavy atom. The Balaban J connectivity index is 2.06. The van der Waals surface area contributed by atoms with Crippen molar-refractivity contribution in [2.75, 3.05) is 0 Å². The van der Waals surface area contributed by atoms with E-state index in [1.807, 2.05) is 49.4 Å². The molecule has 1 aromatic heterocycles. The minimum absolute atomic E-state index is 0.452. The summed E-state index contributed by atoms with van der Waals surface area (Å²) in [6, 6.07) is 13.5. The second-order valence-electron chi connectivity index (χ2n) is 4.85. The van der Waals surface area contributed by atoms with Gasteiger partial charge in [-0.2, -0.15) is 0 Å². The van der Waals surface area contributed by atoms with Crippen LogP contribution in [0, 0.1) is 6.92 Å². The number of fused-ring (bicyclic) bond motifs is 1. The van der Waals surface area contributed by atoms with Crippen LogP contribution in [0.1, 0.15) is 11.1 Å². The fourth-order valence-electron chi connectivity index (χ4n) is 2.26. The van der Waals surface area contributed by atoms with Gasteiger partial charge < -0.3 is 10.5 Å². The third-order valence-corrected chi connectivity index (χ3v) is 3.83. The van der Waals surface area contributed by atoms with E-state index in [0.717, 1.165) is 32.7 Å². The molecule has 0 bridgehead atoms. The Hall–Kier alpha value is -2.10. The fraction of sp³-hybridized carbons (Fsp3) is 0.118. The summed E-state index contributed by atoms with van der Waals surface area (Å²) in [7, 11) is 0. The first-order valence-electron chi connectivity index (χ1n) is 6.69. The second-order valence-corrected chi connectivity index (χ2v) is 5.26. The molecule has 0 saturated heterocycles. The molecular formula is C17H15ClN2O. The molecule has 0 aliphatic heterocycles. The van der Waals surface area contributed by atoms with Gasteiger partial charge >= 0.3 is 0 Å². The van der Waals surface area contributed by atoms with E-state index in [0.29, 0.717) is 12.4 Å². The van der Waals surface area contributed by atoms with Crippen molar-refractivity contribution in [3.05, 3.63) is 64.8 Å². The van der Waals surface area contributed by atoms with Gasteiger partial charge in [0.2, 0.25) is 5.88 Å².